The number of hydrogen-bond donors (Lipinski definition) is 2. The summed E-state index contributed by atoms with van der Waals surface area (Å²) in [5, 5.41) is 8.68. The summed E-state index contributed by atoms with van der Waals surface area (Å²) in [5.74, 6) is 0. The fourth-order valence-corrected chi connectivity index (χ4v) is 1.58. The van der Waals surface area contributed by atoms with Gasteiger partial charge in [-0.15, -0.1) is 9.42 Å². The van der Waals surface area contributed by atoms with Gasteiger partial charge in [0.05, 0.1) is 12.6 Å². The van der Waals surface area contributed by atoms with E-state index >= 15 is 0 Å². The van der Waals surface area contributed by atoms with Crippen LogP contribution in [-0.4, -0.2) is 48.8 Å². The van der Waals surface area contributed by atoms with Crippen LogP contribution in [-0.2, 0) is 13.8 Å². The van der Waals surface area contributed by atoms with Crippen LogP contribution < -0.4 is 0 Å². The number of alkyl halides is 1. The summed E-state index contributed by atoms with van der Waals surface area (Å²) in [5.41, 5.74) is 0. The number of rotatable bonds is 3. The van der Waals surface area contributed by atoms with Crippen LogP contribution in [0.25, 0.3) is 0 Å². The van der Waals surface area contributed by atoms with Crippen molar-refractivity contribution < 1.29 is 28.2 Å². The Balaban J connectivity index is 2.62. The molecule has 1 aliphatic rings. The van der Waals surface area contributed by atoms with Gasteiger partial charge in [-0.05, 0) is 0 Å². The van der Waals surface area contributed by atoms with Crippen LogP contribution in [0.1, 0.15) is 0 Å². The monoisotopic (exact) mass is 209 g/mol. The molecule has 2 radical (unpaired) electrons. The van der Waals surface area contributed by atoms with E-state index in [0.29, 0.717) is 0 Å². The van der Waals surface area contributed by atoms with Crippen LogP contribution in [0.15, 0.2) is 0 Å². The first-order chi connectivity index (χ1) is 6.06. The van der Waals surface area contributed by atoms with Gasteiger partial charge in [0.2, 0.25) is 0 Å². The summed E-state index contributed by atoms with van der Waals surface area (Å²) in [4.78, 5) is 8.37. The summed E-state index contributed by atoms with van der Waals surface area (Å²) in [6.07, 6.45) is -3.98. The van der Waals surface area contributed by atoms with Gasteiger partial charge in [0.25, 0.3) is 0 Å². The number of halogens is 1. The van der Waals surface area contributed by atoms with E-state index in [1.807, 2.05) is 0 Å². The Kier molecular flexibility index (Phi) is 3.76. The summed E-state index contributed by atoms with van der Waals surface area (Å²) >= 11 is 0. The fourth-order valence-electron chi connectivity index (χ4n) is 1.12. The zero-order chi connectivity index (χ0) is 10.0. The molecule has 0 aromatic rings. The summed E-state index contributed by atoms with van der Waals surface area (Å²) in [6, 6.07) is -1.22. The molecule has 1 heterocycles. The van der Waals surface area contributed by atoms with E-state index in [4.69, 9.17) is 22.6 Å². The van der Waals surface area contributed by atoms with Crippen molar-refractivity contribution in [1.82, 2.24) is 0 Å². The second-order valence-electron chi connectivity index (χ2n) is 2.57. The van der Waals surface area contributed by atoms with Crippen molar-refractivity contribution >= 4 is 16.1 Å². The Morgan fingerprint density at radius 1 is 1.69 bits per heavy atom. The van der Waals surface area contributed by atoms with Gasteiger partial charge >= 0.3 is 8.25 Å². The quantitative estimate of drug-likeness (QED) is 0.472. The molecule has 0 bridgehead atoms. The molecule has 5 nitrogen and oxygen atoms in total. The molecule has 0 spiro atoms. The average molecular weight is 209 g/mol. The maximum atomic E-state index is 13.1. The Morgan fingerprint density at radius 2 is 2.31 bits per heavy atom. The molecule has 0 saturated carbocycles. The third-order valence-electron chi connectivity index (χ3n) is 1.72. The number of ether oxygens (including phenoxy) is 1. The predicted octanol–water partition coefficient (Wildman–Crippen LogP) is -0.755. The van der Waals surface area contributed by atoms with Crippen molar-refractivity contribution in [2.24, 2.45) is 0 Å². The molecule has 1 saturated heterocycles. The van der Waals surface area contributed by atoms with Gasteiger partial charge < -0.3 is 9.84 Å². The normalized spacial score (nSPS) is 40.7. The first kappa shape index (κ1) is 11.0. The smallest absolute Gasteiger partial charge is 0.394 e. The molecular weight excluding hydrogens is 201 g/mol. The molecule has 0 aliphatic carbocycles. The standard InChI is InChI=1S/C5H7BFO5P/c6-5-3(7)4(12-13(9)10)2(1-8)11-5/h2-5,8H,1H2/p+1/t2-,3?,4+,5-/m1/s1. The first-order valence-electron chi connectivity index (χ1n) is 3.55. The lowest BCUT2D eigenvalue weighted by atomic mass is 9.94. The van der Waals surface area contributed by atoms with E-state index in [2.05, 4.69) is 4.52 Å². The van der Waals surface area contributed by atoms with Crippen molar-refractivity contribution in [3.8, 4) is 0 Å². The molecule has 72 valence electrons. The lowest BCUT2D eigenvalue weighted by Crippen LogP contribution is -2.32. The molecule has 8 heteroatoms. The summed E-state index contributed by atoms with van der Waals surface area (Å²) in [7, 11) is 2.22. The van der Waals surface area contributed by atoms with Gasteiger partial charge in [0.15, 0.2) is 12.3 Å². The van der Waals surface area contributed by atoms with Gasteiger partial charge in [-0.3, -0.25) is 0 Å². The molecule has 1 rings (SSSR count). The highest BCUT2D eigenvalue weighted by Crippen LogP contribution is 2.31. The van der Waals surface area contributed by atoms with Gasteiger partial charge in [0, 0.05) is 4.57 Å². The molecule has 13 heavy (non-hydrogen) atoms. The van der Waals surface area contributed by atoms with E-state index in [1.165, 1.54) is 0 Å². The topological polar surface area (TPSA) is 76.0 Å². The third kappa shape index (κ3) is 2.45. The predicted molar refractivity (Wildman–Crippen MR) is 41.1 cm³/mol. The minimum absolute atomic E-state index is 0.512. The minimum Gasteiger partial charge on any atom is -0.394 e. The second kappa shape index (κ2) is 4.44. The molecule has 0 aromatic heterocycles. The van der Waals surface area contributed by atoms with Crippen LogP contribution >= 0.6 is 8.25 Å². The van der Waals surface area contributed by atoms with Crippen LogP contribution in [0.2, 0.25) is 0 Å². The third-order valence-corrected chi connectivity index (χ3v) is 2.14. The Hall–Kier alpha value is -0.0651. The summed E-state index contributed by atoms with van der Waals surface area (Å²) < 4.78 is 32.3. The molecule has 2 N–H and O–H groups in total. The molecule has 0 amide bonds. The van der Waals surface area contributed by atoms with E-state index in [1.54, 1.807) is 0 Å². The van der Waals surface area contributed by atoms with Crippen molar-refractivity contribution in [2.75, 3.05) is 6.61 Å². The maximum Gasteiger partial charge on any atom is 0.695 e. The maximum absolute atomic E-state index is 13.1. The SMILES string of the molecule is [B][C@@H]1O[C@H](CO)[C@H](O[P+](=O)O)C1F. The number of aliphatic hydroxyl groups is 1. The van der Waals surface area contributed by atoms with E-state index in [9.17, 15) is 8.96 Å². The van der Waals surface area contributed by atoms with Gasteiger partial charge in [-0.1, -0.05) is 0 Å². The zero-order valence-corrected chi connectivity index (χ0v) is 7.43. The van der Waals surface area contributed by atoms with Gasteiger partial charge in [0.1, 0.15) is 14.0 Å². The highest BCUT2D eigenvalue weighted by atomic mass is 31.1. The number of hydrogen-bond acceptors (Lipinski definition) is 4. The van der Waals surface area contributed by atoms with E-state index < -0.39 is 39.2 Å². The van der Waals surface area contributed by atoms with Crippen molar-refractivity contribution in [3.05, 3.63) is 0 Å². The lowest BCUT2D eigenvalue weighted by Gasteiger charge is -2.09. The lowest BCUT2D eigenvalue weighted by molar-refractivity contribution is 0.00241. The Morgan fingerprint density at radius 3 is 2.77 bits per heavy atom. The Labute approximate surface area is 76.2 Å². The molecule has 1 aliphatic heterocycles. The van der Waals surface area contributed by atoms with E-state index in [-0.39, 0.29) is 0 Å². The van der Waals surface area contributed by atoms with Crippen molar-refractivity contribution in [1.29, 1.82) is 0 Å². The Bertz CT molecular complexity index is 205. The van der Waals surface area contributed by atoms with Crippen LogP contribution in [0.4, 0.5) is 4.39 Å². The number of aliphatic hydroxyl groups excluding tert-OH is 1. The first-order valence-corrected chi connectivity index (χ1v) is 4.68. The van der Waals surface area contributed by atoms with E-state index in [0.717, 1.165) is 0 Å². The molecule has 5 atom stereocenters. The van der Waals surface area contributed by atoms with Gasteiger partial charge in [-0.25, -0.2) is 4.39 Å². The minimum atomic E-state index is -2.93. The highest BCUT2D eigenvalue weighted by molar-refractivity contribution is 7.32. The van der Waals surface area contributed by atoms with Crippen LogP contribution in [0.3, 0.4) is 0 Å². The average Bonchev–Trinajstić information content (AvgIpc) is 2.31. The zero-order valence-electron chi connectivity index (χ0n) is 6.54. The van der Waals surface area contributed by atoms with Crippen LogP contribution in [0.5, 0.6) is 0 Å². The molecule has 0 aromatic carbocycles. The van der Waals surface area contributed by atoms with Gasteiger partial charge in [-0.2, -0.15) is 0 Å². The van der Waals surface area contributed by atoms with Crippen LogP contribution in [0, 0.1) is 0 Å². The largest absolute Gasteiger partial charge is 0.695 e. The van der Waals surface area contributed by atoms with Crippen molar-refractivity contribution in [3.63, 3.8) is 0 Å². The molecule has 2 unspecified atom stereocenters. The molecule has 1 fully saturated rings. The van der Waals surface area contributed by atoms with Crippen molar-refractivity contribution in [2.45, 2.75) is 24.4 Å². The summed E-state index contributed by atoms with van der Waals surface area (Å²) in [6.45, 7) is -0.512. The highest BCUT2D eigenvalue weighted by Gasteiger charge is 2.47. The fraction of sp³-hybridized carbons (Fsp3) is 1.00. The molecular formula is C5H8BFO5P+. The second-order valence-corrected chi connectivity index (χ2v) is 3.26.